The molecule has 0 fully saturated rings. The molecule has 0 aromatic heterocycles. The lowest BCUT2D eigenvalue weighted by molar-refractivity contribution is 0.0939. The highest BCUT2D eigenvalue weighted by Crippen LogP contribution is 2.24. The maximum Gasteiger partial charge on any atom is 0.165 e. The Bertz CT molecular complexity index is 401. The molecule has 0 amide bonds. The van der Waals surface area contributed by atoms with Gasteiger partial charge >= 0.3 is 0 Å². The number of Topliss-reactive ketones (excluding diaryl/α,β-unsaturated/α-hetero) is 1. The van der Waals surface area contributed by atoms with Gasteiger partial charge in [0.1, 0.15) is 0 Å². The Morgan fingerprint density at radius 1 is 1.00 bits per heavy atom. The lowest BCUT2D eigenvalue weighted by atomic mass is 9.91. The van der Waals surface area contributed by atoms with Gasteiger partial charge in [0.2, 0.25) is 0 Å². The number of aryl methyl sites for hydroxylation is 1. The summed E-state index contributed by atoms with van der Waals surface area (Å²) in [6, 6.07) is 6.02. The fourth-order valence-corrected chi connectivity index (χ4v) is 1.78. The fourth-order valence-electron chi connectivity index (χ4n) is 1.78. The van der Waals surface area contributed by atoms with E-state index in [9.17, 15) is 4.79 Å². The molecule has 0 saturated carbocycles. The summed E-state index contributed by atoms with van der Waals surface area (Å²) in [5.74, 6) is 0.641. The number of carbonyl (C=O) groups excluding carboxylic acids is 1. The second-order valence-corrected chi connectivity index (χ2v) is 5.29. The van der Waals surface area contributed by atoms with Crippen LogP contribution < -0.4 is 0 Å². The second-order valence-electron chi connectivity index (χ2n) is 5.29. The zero-order chi connectivity index (χ0) is 13.2. The number of hydrogen-bond donors (Lipinski definition) is 0. The minimum absolute atomic E-state index is 0.0389. The molecule has 0 atom stereocenters. The molecule has 0 N–H and O–H groups in total. The van der Waals surface area contributed by atoms with Crippen molar-refractivity contribution in [3.63, 3.8) is 0 Å². The Kier molecular flexibility index (Phi) is 4.28. The van der Waals surface area contributed by atoms with Gasteiger partial charge in [-0.2, -0.15) is 0 Å². The molecule has 0 radical (unpaired) electrons. The summed E-state index contributed by atoms with van der Waals surface area (Å²) in [4.78, 5) is 12.0. The highest BCUT2D eigenvalue weighted by atomic mass is 16.1. The van der Waals surface area contributed by atoms with Crippen LogP contribution in [0.5, 0.6) is 0 Å². The Morgan fingerprint density at radius 2 is 1.53 bits per heavy atom. The molecule has 17 heavy (non-hydrogen) atoms. The van der Waals surface area contributed by atoms with E-state index in [-0.39, 0.29) is 11.7 Å². The van der Waals surface area contributed by atoms with Crippen molar-refractivity contribution in [3.05, 3.63) is 41.5 Å². The Morgan fingerprint density at radius 3 is 2.00 bits per heavy atom. The highest BCUT2D eigenvalue weighted by molar-refractivity contribution is 5.98. The maximum atomic E-state index is 12.0. The van der Waals surface area contributed by atoms with E-state index >= 15 is 0 Å². The molecule has 0 heterocycles. The van der Waals surface area contributed by atoms with Gasteiger partial charge < -0.3 is 0 Å². The van der Waals surface area contributed by atoms with E-state index in [1.54, 1.807) is 0 Å². The molecular formula is C16H22O. The topological polar surface area (TPSA) is 17.1 Å². The molecule has 92 valence electrons. The molecule has 0 aliphatic heterocycles. The normalized spacial score (nSPS) is 11.0. The summed E-state index contributed by atoms with van der Waals surface area (Å²) in [7, 11) is 0. The molecule has 0 aliphatic rings. The molecule has 0 spiro atoms. The van der Waals surface area contributed by atoms with Gasteiger partial charge in [-0.25, -0.2) is 0 Å². The number of benzene rings is 1. The average molecular weight is 230 g/mol. The zero-order valence-electron chi connectivity index (χ0n) is 11.5. The van der Waals surface area contributed by atoms with Gasteiger partial charge in [-0.15, -0.1) is 0 Å². The summed E-state index contributed by atoms with van der Waals surface area (Å²) in [5, 5.41) is 0. The first-order valence-electron chi connectivity index (χ1n) is 6.18. The number of ketones is 1. The zero-order valence-corrected chi connectivity index (χ0v) is 11.5. The van der Waals surface area contributed by atoms with Crippen molar-refractivity contribution >= 4 is 11.4 Å². The standard InChI is InChI=1S/C16H22O/c1-10(2)13(6)14-7-12(5)8-15(9-14)16(17)11(3)4/h7-11H,6H2,1-5H3. The molecule has 1 aromatic rings. The summed E-state index contributed by atoms with van der Waals surface area (Å²) in [6.07, 6.45) is 0. The third-order valence-electron chi connectivity index (χ3n) is 2.95. The van der Waals surface area contributed by atoms with Crippen LogP contribution in [0.3, 0.4) is 0 Å². The molecule has 0 aliphatic carbocycles. The number of allylic oxidation sites excluding steroid dienone is 1. The predicted molar refractivity (Wildman–Crippen MR) is 74.2 cm³/mol. The fraction of sp³-hybridized carbons (Fsp3) is 0.438. The number of hydrogen-bond acceptors (Lipinski definition) is 1. The average Bonchev–Trinajstić information content (AvgIpc) is 2.25. The number of rotatable bonds is 4. The van der Waals surface area contributed by atoms with Crippen molar-refractivity contribution in [2.75, 3.05) is 0 Å². The van der Waals surface area contributed by atoms with Gasteiger partial charge in [0.05, 0.1) is 0 Å². The van der Waals surface area contributed by atoms with Gasteiger partial charge in [0.25, 0.3) is 0 Å². The third kappa shape index (κ3) is 3.29. The Hall–Kier alpha value is -1.37. The van der Waals surface area contributed by atoms with Crippen molar-refractivity contribution in [3.8, 4) is 0 Å². The van der Waals surface area contributed by atoms with Crippen LogP contribution in [0.1, 0.15) is 49.2 Å². The Balaban J connectivity index is 3.20. The van der Waals surface area contributed by atoms with Crippen LogP contribution in [0.25, 0.3) is 5.57 Å². The van der Waals surface area contributed by atoms with E-state index in [0.717, 1.165) is 22.3 Å². The highest BCUT2D eigenvalue weighted by Gasteiger charge is 2.13. The van der Waals surface area contributed by atoms with Gasteiger partial charge in [0, 0.05) is 11.5 Å². The minimum Gasteiger partial charge on any atom is -0.294 e. The van der Waals surface area contributed by atoms with Crippen molar-refractivity contribution in [1.29, 1.82) is 0 Å². The molecule has 0 bridgehead atoms. The molecule has 0 saturated heterocycles. The quantitative estimate of drug-likeness (QED) is 0.696. The van der Waals surface area contributed by atoms with Crippen LogP contribution >= 0.6 is 0 Å². The molecule has 1 rings (SSSR count). The van der Waals surface area contributed by atoms with Crippen molar-refractivity contribution in [2.45, 2.75) is 34.6 Å². The lowest BCUT2D eigenvalue weighted by Crippen LogP contribution is -2.08. The van der Waals surface area contributed by atoms with Crippen LogP contribution in [-0.4, -0.2) is 5.78 Å². The first kappa shape index (κ1) is 13.7. The molecule has 1 aromatic carbocycles. The third-order valence-corrected chi connectivity index (χ3v) is 2.95. The molecular weight excluding hydrogens is 208 g/mol. The lowest BCUT2D eigenvalue weighted by Gasteiger charge is -2.13. The van der Waals surface area contributed by atoms with E-state index in [4.69, 9.17) is 0 Å². The summed E-state index contributed by atoms with van der Waals surface area (Å²) in [5.41, 5.74) is 4.10. The van der Waals surface area contributed by atoms with E-state index in [1.807, 2.05) is 32.9 Å². The summed E-state index contributed by atoms with van der Waals surface area (Å²) < 4.78 is 0. The van der Waals surface area contributed by atoms with E-state index in [1.165, 1.54) is 0 Å². The van der Waals surface area contributed by atoms with Crippen LogP contribution in [-0.2, 0) is 0 Å². The molecule has 0 unspecified atom stereocenters. The number of carbonyl (C=O) groups is 1. The van der Waals surface area contributed by atoms with Gasteiger partial charge in [-0.3, -0.25) is 4.79 Å². The molecule has 1 heteroatoms. The maximum absolute atomic E-state index is 12.0. The van der Waals surface area contributed by atoms with Crippen molar-refractivity contribution < 1.29 is 4.79 Å². The summed E-state index contributed by atoms with van der Waals surface area (Å²) >= 11 is 0. The predicted octanol–water partition coefficient (Wildman–Crippen LogP) is 4.50. The largest absolute Gasteiger partial charge is 0.294 e. The van der Waals surface area contributed by atoms with Gasteiger partial charge in [-0.1, -0.05) is 40.3 Å². The van der Waals surface area contributed by atoms with Crippen molar-refractivity contribution in [2.24, 2.45) is 11.8 Å². The minimum atomic E-state index is 0.0389. The SMILES string of the molecule is C=C(c1cc(C)cc(C(=O)C(C)C)c1)C(C)C. The van der Waals surface area contributed by atoms with Crippen LogP contribution in [0, 0.1) is 18.8 Å². The van der Waals surface area contributed by atoms with E-state index in [0.29, 0.717) is 5.92 Å². The first-order chi connectivity index (χ1) is 7.82. The van der Waals surface area contributed by atoms with Crippen LogP contribution in [0.4, 0.5) is 0 Å². The monoisotopic (exact) mass is 230 g/mol. The molecule has 1 nitrogen and oxygen atoms in total. The van der Waals surface area contributed by atoms with Gasteiger partial charge in [-0.05, 0) is 41.7 Å². The van der Waals surface area contributed by atoms with Crippen LogP contribution in [0.15, 0.2) is 24.8 Å². The smallest absolute Gasteiger partial charge is 0.165 e. The van der Waals surface area contributed by atoms with E-state index < -0.39 is 0 Å². The van der Waals surface area contributed by atoms with Crippen molar-refractivity contribution in [1.82, 2.24) is 0 Å². The van der Waals surface area contributed by atoms with E-state index in [2.05, 4.69) is 26.5 Å². The first-order valence-corrected chi connectivity index (χ1v) is 6.18. The Labute approximate surface area is 105 Å². The second kappa shape index (κ2) is 5.31. The van der Waals surface area contributed by atoms with Gasteiger partial charge in [0.15, 0.2) is 5.78 Å². The summed E-state index contributed by atoms with van der Waals surface area (Å²) in [6.45, 7) is 14.2. The van der Waals surface area contributed by atoms with Crippen LogP contribution in [0.2, 0.25) is 0 Å².